The number of para-hydroxylation sites is 1. The van der Waals surface area contributed by atoms with Crippen LogP contribution in [0.15, 0.2) is 72.8 Å². The zero-order valence-electron chi connectivity index (χ0n) is 24.7. The van der Waals surface area contributed by atoms with Gasteiger partial charge in [-0.2, -0.15) is 0 Å². The van der Waals surface area contributed by atoms with Gasteiger partial charge in [0.15, 0.2) is 0 Å². The van der Waals surface area contributed by atoms with Crippen molar-refractivity contribution < 1.29 is 18.0 Å². The minimum Gasteiger partial charge on any atom is -0.350 e. The molecule has 0 aliphatic carbocycles. The largest absolute Gasteiger partial charge is 0.350 e. The Kier molecular flexibility index (Phi) is 11.5. The lowest BCUT2D eigenvalue weighted by Crippen LogP contribution is -2.54. The summed E-state index contributed by atoms with van der Waals surface area (Å²) >= 11 is 13.0. The number of amides is 2. The molecule has 1 atom stereocenters. The number of nitrogens with one attached hydrogen (secondary N) is 1. The van der Waals surface area contributed by atoms with Crippen molar-refractivity contribution in [3.8, 4) is 0 Å². The van der Waals surface area contributed by atoms with E-state index in [1.54, 1.807) is 30.3 Å². The molecule has 10 heteroatoms. The Labute approximate surface area is 259 Å². The molecule has 1 N–H and O–H groups in total. The molecule has 0 heterocycles. The van der Waals surface area contributed by atoms with Crippen molar-refractivity contribution in [2.75, 3.05) is 17.1 Å². The third-order valence-electron chi connectivity index (χ3n) is 6.70. The van der Waals surface area contributed by atoms with E-state index < -0.39 is 21.6 Å². The number of hydrogen-bond acceptors (Lipinski definition) is 4. The first-order valence-corrected chi connectivity index (χ1v) is 16.4. The number of benzene rings is 3. The fourth-order valence-electron chi connectivity index (χ4n) is 4.69. The summed E-state index contributed by atoms with van der Waals surface area (Å²) in [5.41, 5.74) is 2.27. The van der Waals surface area contributed by atoms with Crippen LogP contribution in [0.4, 0.5) is 5.69 Å². The van der Waals surface area contributed by atoms with Crippen LogP contribution in [0.25, 0.3) is 0 Å². The predicted molar refractivity (Wildman–Crippen MR) is 171 cm³/mol. The van der Waals surface area contributed by atoms with E-state index in [-0.39, 0.29) is 44.2 Å². The fraction of sp³-hybridized carbons (Fsp3) is 0.375. The SMILES string of the molecule is Cc1ccccc1N(CCCC(=O)N(Cc1c(Cl)cccc1Cl)[C@H](Cc1ccccc1)C(=O)NC(C)(C)C)S(C)(=O)=O. The van der Waals surface area contributed by atoms with Crippen molar-refractivity contribution in [2.24, 2.45) is 0 Å². The molecule has 0 saturated carbocycles. The second-order valence-corrected chi connectivity index (χ2v) is 14.1. The summed E-state index contributed by atoms with van der Waals surface area (Å²) in [6.07, 6.45) is 1.68. The molecule has 0 aromatic heterocycles. The average Bonchev–Trinajstić information content (AvgIpc) is 2.89. The highest BCUT2D eigenvalue weighted by Crippen LogP contribution is 2.28. The first-order valence-electron chi connectivity index (χ1n) is 13.8. The van der Waals surface area contributed by atoms with E-state index in [2.05, 4.69) is 5.32 Å². The summed E-state index contributed by atoms with van der Waals surface area (Å²) < 4.78 is 26.7. The molecule has 0 spiro atoms. The van der Waals surface area contributed by atoms with Crippen LogP contribution in [0.2, 0.25) is 10.0 Å². The lowest BCUT2D eigenvalue weighted by molar-refractivity contribution is -0.142. The standard InChI is InChI=1S/C32H39Cl2N3O4S/c1-23-13-9-10-18-28(23)37(42(5,40)41)20-12-19-30(38)36(22-25-26(33)16-11-17-27(25)34)29(31(39)35-32(2,3)4)21-24-14-7-6-8-15-24/h6-11,13-18,29H,12,19-22H2,1-5H3,(H,35,39)/t29-/m1/s1. The molecule has 3 aromatic carbocycles. The number of sulfonamides is 1. The van der Waals surface area contributed by atoms with Gasteiger partial charge in [0.25, 0.3) is 0 Å². The summed E-state index contributed by atoms with van der Waals surface area (Å²) in [6, 6.07) is 20.9. The van der Waals surface area contributed by atoms with E-state index in [1.165, 1.54) is 9.21 Å². The minimum atomic E-state index is -3.60. The summed E-state index contributed by atoms with van der Waals surface area (Å²) in [5, 5.41) is 3.80. The highest BCUT2D eigenvalue weighted by molar-refractivity contribution is 7.92. The lowest BCUT2D eigenvalue weighted by Gasteiger charge is -2.34. The molecule has 7 nitrogen and oxygen atoms in total. The van der Waals surface area contributed by atoms with Crippen LogP contribution in [0, 0.1) is 6.92 Å². The van der Waals surface area contributed by atoms with Gasteiger partial charge in [-0.25, -0.2) is 8.42 Å². The third-order valence-corrected chi connectivity index (χ3v) is 8.58. The van der Waals surface area contributed by atoms with E-state index in [0.29, 0.717) is 21.3 Å². The monoisotopic (exact) mass is 631 g/mol. The maximum Gasteiger partial charge on any atom is 0.243 e. The number of rotatable bonds is 12. The topological polar surface area (TPSA) is 86.8 Å². The Morgan fingerprint density at radius 3 is 2.07 bits per heavy atom. The van der Waals surface area contributed by atoms with Gasteiger partial charge in [0.2, 0.25) is 21.8 Å². The van der Waals surface area contributed by atoms with Crippen LogP contribution < -0.4 is 9.62 Å². The highest BCUT2D eigenvalue weighted by Gasteiger charge is 2.33. The molecule has 3 aromatic rings. The smallest absolute Gasteiger partial charge is 0.243 e. The molecular weight excluding hydrogens is 593 g/mol. The highest BCUT2D eigenvalue weighted by atomic mass is 35.5. The first-order chi connectivity index (χ1) is 19.7. The van der Waals surface area contributed by atoms with Crippen LogP contribution in [-0.4, -0.2) is 49.5 Å². The molecule has 2 amide bonds. The van der Waals surface area contributed by atoms with Gasteiger partial charge in [-0.05, 0) is 63.4 Å². The van der Waals surface area contributed by atoms with E-state index >= 15 is 0 Å². The molecule has 42 heavy (non-hydrogen) atoms. The normalized spacial score (nSPS) is 12.5. The third kappa shape index (κ3) is 9.48. The predicted octanol–water partition coefficient (Wildman–Crippen LogP) is 6.40. The lowest BCUT2D eigenvalue weighted by atomic mass is 10.00. The molecule has 0 aliphatic rings. The van der Waals surface area contributed by atoms with Gasteiger partial charge >= 0.3 is 0 Å². The van der Waals surface area contributed by atoms with Gasteiger partial charge < -0.3 is 10.2 Å². The van der Waals surface area contributed by atoms with Crippen molar-refractivity contribution >= 4 is 50.7 Å². The van der Waals surface area contributed by atoms with E-state index in [9.17, 15) is 18.0 Å². The number of anilines is 1. The van der Waals surface area contributed by atoms with Crippen molar-refractivity contribution in [2.45, 2.75) is 65.1 Å². The Morgan fingerprint density at radius 1 is 0.905 bits per heavy atom. The van der Waals surface area contributed by atoms with Gasteiger partial charge in [0.1, 0.15) is 6.04 Å². The van der Waals surface area contributed by atoms with E-state index in [4.69, 9.17) is 23.2 Å². The van der Waals surface area contributed by atoms with Gasteiger partial charge in [-0.1, -0.05) is 77.8 Å². The molecule has 0 bridgehead atoms. The Bertz CT molecular complexity index is 1470. The number of nitrogens with zero attached hydrogens (tertiary/aromatic N) is 2. The molecule has 226 valence electrons. The Balaban J connectivity index is 1.96. The average molecular weight is 633 g/mol. The van der Waals surface area contributed by atoms with Crippen LogP contribution in [0.5, 0.6) is 0 Å². The van der Waals surface area contributed by atoms with Gasteiger partial charge in [-0.15, -0.1) is 0 Å². The fourth-order valence-corrected chi connectivity index (χ4v) is 6.23. The number of carbonyl (C=O) groups excluding carboxylic acids is 2. The zero-order valence-corrected chi connectivity index (χ0v) is 27.1. The van der Waals surface area contributed by atoms with Crippen molar-refractivity contribution in [1.82, 2.24) is 10.2 Å². The molecular formula is C32H39Cl2N3O4S. The molecule has 0 fully saturated rings. The van der Waals surface area contributed by atoms with E-state index in [0.717, 1.165) is 17.4 Å². The van der Waals surface area contributed by atoms with Gasteiger partial charge in [0, 0.05) is 47.1 Å². The summed E-state index contributed by atoms with van der Waals surface area (Å²) in [5.74, 6) is -0.616. The zero-order chi connectivity index (χ0) is 31.1. The Hall–Kier alpha value is -3.07. The van der Waals surface area contributed by atoms with Crippen molar-refractivity contribution in [3.05, 3.63) is 99.5 Å². The van der Waals surface area contributed by atoms with Crippen LogP contribution in [-0.2, 0) is 32.6 Å². The summed E-state index contributed by atoms with van der Waals surface area (Å²) in [4.78, 5) is 29.3. The number of halogens is 2. The summed E-state index contributed by atoms with van der Waals surface area (Å²) in [7, 11) is -3.60. The molecule has 0 unspecified atom stereocenters. The Morgan fingerprint density at radius 2 is 1.50 bits per heavy atom. The second-order valence-electron chi connectivity index (χ2n) is 11.4. The summed E-state index contributed by atoms with van der Waals surface area (Å²) in [6.45, 7) is 7.61. The van der Waals surface area contributed by atoms with Crippen molar-refractivity contribution in [3.63, 3.8) is 0 Å². The number of aryl methyl sites for hydroxylation is 1. The maximum atomic E-state index is 14.0. The van der Waals surface area contributed by atoms with Crippen molar-refractivity contribution in [1.29, 1.82) is 0 Å². The molecule has 0 aliphatic heterocycles. The van der Waals surface area contributed by atoms with Gasteiger partial charge in [-0.3, -0.25) is 13.9 Å². The first kappa shape index (κ1) is 33.4. The molecule has 0 radical (unpaired) electrons. The number of hydrogen-bond donors (Lipinski definition) is 1. The molecule has 3 rings (SSSR count). The van der Waals surface area contributed by atoms with Crippen LogP contribution >= 0.6 is 23.2 Å². The maximum absolute atomic E-state index is 14.0. The minimum absolute atomic E-state index is 0.00800. The van der Waals surface area contributed by atoms with Crippen LogP contribution in [0.1, 0.15) is 50.3 Å². The molecule has 0 saturated heterocycles. The number of carbonyl (C=O) groups is 2. The van der Waals surface area contributed by atoms with Crippen LogP contribution in [0.3, 0.4) is 0 Å². The van der Waals surface area contributed by atoms with E-state index in [1.807, 2.05) is 70.2 Å². The van der Waals surface area contributed by atoms with Gasteiger partial charge in [0.05, 0.1) is 11.9 Å². The quantitative estimate of drug-likeness (QED) is 0.250. The second kappa shape index (κ2) is 14.4.